The van der Waals surface area contributed by atoms with Crippen molar-refractivity contribution < 1.29 is 14.3 Å². The van der Waals surface area contributed by atoms with Gasteiger partial charge in [-0.25, -0.2) is 0 Å². The lowest BCUT2D eigenvalue weighted by Crippen LogP contribution is -2.11. The number of rotatable bonds is 7. The van der Waals surface area contributed by atoms with E-state index in [0.717, 1.165) is 36.1 Å². The lowest BCUT2D eigenvalue weighted by atomic mass is 9.99. The summed E-state index contributed by atoms with van der Waals surface area (Å²) in [5, 5.41) is 0. The maximum Gasteiger partial charge on any atom is 0.305 e. The Balaban J connectivity index is 2.43. The minimum atomic E-state index is -0.158. The first-order valence-electron chi connectivity index (χ1n) is 6.55. The molecule has 1 atom stereocenters. The molecule has 1 unspecified atom stereocenters. The number of esters is 1. The first-order chi connectivity index (χ1) is 9.08. The van der Waals surface area contributed by atoms with Gasteiger partial charge in [-0.15, -0.1) is 0 Å². The highest BCUT2D eigenvalue weighted by Crippen LogP contribution is 2.24. The molecular formula is C15H23NO3. The van der Waals surface area contributed by atoms with E-state index in [-0.39, 0.29) is 12.0 Å². The van der Waals surface area contributed by atoms with Crippen LogP contribution in [0.1, 0.15) is 42.9 Å². The zero-order valence-electron chi connectivity index (χ0n) is 11.9. The van der Waals surface area contributed by atoms with Crippen LogP contribution >= 0.6 is 0 Å². The summed E-state index contributed by atoms with van der Waals surface area (Å²) < 4.78 is 9.82. The van der Waals surface area contributed by atoms with Crippen LogP contribution in [0, 0.1) is 6.92 Å². The van der Waals surface area contributed by atoms with Gasteiger partial charge in [0.05, 0.1) is 14.2 Å². The lowest BCUT2D eigenvalue weighted by molar-refractivity contribution is -0.140. The number of aryl methyl sites for hydroxylation is 1. The fourth-order valence-electron chi connectivity index (χ4n) is 2.03. The first kappa shape index (κ1) is 15.5. The van der Waals surface area contributed by atoms with Crippen LogP contribution in [-0.2, 0) is 9.53 Å². The van der Waals surface area contributed by atoms with Gasteiger partial charge in [-0.05, 0) is 37.0 Å². The van der Waals surface area contributed by atoms with Gasteiger partial charge < -0.3 is 15.2 Å². The molecule has 4 heteroatoms. The van der Waals surface area contributed by atoms with Crippen molar-refractivity contribution in [1.29, 1.82) is 0 Å². The first-order valence-corrected chi connectivity index (χ1v) is 6.55. The Morgan fingerprint density at radius 2 is 2.05 bits per heavy atom. The third-order valence-corrected chi connectivity index (χ3v) is 3.22. The molecule has 19 heavy (non-hydrogen) atoms. The van der Waals surface area contributed by atoms with Crippen LogP contribution in [0.5, 0.6) is 5.75 Å². The number of carbonyl (C=O) groups is 1. The van der Waals surface area contributed by atoms with Gasteiger partial charge >= 0.3 is 5.97 Å². The van der Waals surface area contributed by atoms with Crippen molar-refractivity contribution in [3.05, 3.63) is 29.3 Å². The highest BCUT2D eigenvalue weighted by Gasteiger charge is 2.08. The normalized spacial score (nSPS) is 12.0. The molecule has 106 valence electrons. The van der Waals surface area contributed by atoms with Crippen LogP contribution in [0.4, 0.5) is 0 Å². The van der Waals surface area contributed by atoms with Crippen LogP contribution in [0.15, 0.2) is 18.2 Å². The third kappa shape index (κ3) is 4.91. The molecule has 0 aliphatic carbocycles. The van der Waals surface area contributed by atoms with E-state index in [1.807, 2.05) is 19.1 Å². The van der Waals surface area contributed by atoms with Crippen molar-refractivity contribution in [3.8, 4) is 5.75 Å². The molecule has 0 spiro atoms. The number of hydrogen-bond donors (Lipinski definition) is 1. The Hall–Kier alpha value is -1.55. The lowest BCUT2D eigenvalue weighted by Gasteiger charge is -2.14. The van der Waals surface area contributed by atoms with Gasteiger partial charge in [0.1, 0.15) is 5.75 Å². The Labute approximate surface area is 114 Å². The second-order valence-electron chi connectivity index (χ2n) is 4.66. The molecule has 0 aliphatic heterocycles. The highest BCUT2D eigenvalue weighted by molar-refractivity contribution is 5.68. The summed E-state index contributed by atoms with van der Waals surface area (Å²) >= 11 is 0. The molecule has 0 heterocycles. The maximum atomic E-state index is 11.0. The smallest absolute Gasteiger partial charge is 0.305 e. The van der Waals surface area contributed by atoms with Gasteiger partial charge in [0.15, 0.2) is 0 Å². The molecule has 0 fully saturated rings. The van der Waals surface area contributed by atoms with Crippen molar-refractivity contribution in [2.75, 3.05) is 14.2 Å². The summed E-state index contributed by atoms with van der Waals surface area (Å²) in [6, 6.07) is 6.00. The molecule has 0 aromatic heterocycles. The van der Waals surface area contributed by atoms with Gasteiger partial charge in [0, 0.05) is 12.5 Å². The zero-order valence-corrected chi connectivity index (χ0v) is 11.9. The van der Waals surface area contributed by atoms with Gasteiger partial charge in [-0.2, -0.15) is 0 Å². The Morgan fingerprint density at radius 1 is 1.32 bits per heavy atom. The minimum Gasteiger partial charge on any atom is -0.496 e. The molecule has 0 saturated heterocycles. The van der Waals surface area contributed by atoms with Crippen molar-refractivity contribution in [1.82, 2.24) is 0 Å². The van der Waals surface area contributed by atoms with Crippen LogP contribution in [0.3, 0.4) is 0 Å². The molecule has 4 nitrogen and oxygen atoms in total. The van der Waals surface area contributed by atoms with Crippen LogP contribution in [0.2, 0.25) is 0 Å². The molecule has 0 radical (unpaired) electrons. The molecule has 0 amide bonds. The summed E-state index contributed by atoms with van der Waals surface area (Å²) in [6.07, 6.45) is 3.06. The highest BCUT2D eigenvalue weighted by atomic mass is 16.5. The predicted molar refractivity (Wildman–Crippen MR) is 75.1 cm³/mol. The SMILES string of the molecule is COC(=O)CCCCC(N)c1ccc(OC)c(C)c1. The molecular weight excluding hydrogens is 242 g/mol. The van der Waals surface area contributed by atoms with E-state index in [1.54, 1.807) is 7.11 Å². The number of methoxy groups -OCH3 is 2. The summed E-state index contributed by atoms with van der Waals surface area (Å²) in [5.41, 5.74) is 8.34. The molecule has 1 aromatic carbocycles. The molecule has 0 bridgehead atoms. The maximum absolute atomic E-state index is 11.0. The van der Waals surface area contributed by atoms with Gasteiger partial charge in [-0.3, -0.25) is 4.79 Å². The summed E-state index contributed by atoms with van der Waals surface area (Å²) in [7, 11) is 3.07. The van der Waals surface area contributed by atoms with Crippen molar-refractivity contribution in [2.24, 2.45) is 5.73 Å². The fourth-order valence-corrected chi connectivity index (χ4v) is 2.03. The number of ether oxygens (including phenoxy) is 2. The average molecular weight is 265 g/mol. The van der Waals surface area contributed by atoms with Gasteiger partial charge in [0.2, 0.25) is 0 Å². The summed E-state index contributed by atoms with van der Waals surface area (Å²) in [4.78, 5) is 11.0. The monoisotopic (exact) mass is 265 g/mol. The quantitative estimate of drug-likeness (QED) is 0.608. The molecule has 2 N–H and O–H groups in total. The average Bonchev–Trinajstić information content (AvgIpc) is 2.42. The molecule has 1 rings (SSSR count). The van der Waals surface area contributed by atoms with Crippen LogP contribution in [-0.4, -0.2) is 20.2 Å². The predicted octanol–water partition coefficient (Wildman–Crippen LogP) is 2.74. The summed E-state index contributed by atoms with van der Waals surface area (Å²) in [5.74, 6) is 0.718. The van der Waals surface area contributed by atoms with Gasteiger partial charge in [-0.1, -0.05) is 18.6 Å². The Morgan fingerprint density at radius 3 is 2.63 bits per heavy atom. The number of hydrogen-bond acceptors (Lipinski definition) is 4. The third-order valence-electron chi connectivity index (χ3n) is 3.22. The molecule has 0 saturated carbocycles. The number of nitrogens with two attached hydrogens (primary N) is 1. The van der Waals surface area contributed by atoms with E-state index in [4.69, 9.17) is 10.5 Å². The molecule has 1 aromatic rings. The number of carbonyl (C=O) groups excluding carboxylic acids is 1. The summed E-state index contributed by atoms with van der Waals surface area (Å²) in [6.45, 7) is 2.01. The Bertz CT molecular complexity index is 418. The second kappa shape index (κ2) is 7.79. The Kier molecular flexibility index (Phi) is 6.36. The van der Waals surface area contributed by atoms with E-state index in [0.29, 0.717) is 6.42 Å². The topological polar surface area (TPSA) is 61.5 Å². The van der Waals surface area contributed by atoms with E-state index >= 15 is 0 Å². The number of benzene rings is 1. The van der Waals surface area contributed by atoms with E-state index < -0.39 is 0 Å². The van der Waals surface area contributed by atoms with E-state index in [1.165, 1.54) is 7.11 Å². The standard InChI is InChI=1S/C15H23NO3/c1-11-10-12(8-9-14(11)18-2)13(16)6-4-5-7-15(17)19-3/h8-10,13H,4-7,16H2,1-3H3. The second-order valence-corrected chi connectivity index (χ2v) is 4.66. The molecule has 0 aliphatic rings. The zero-order chi connectivity index (χ0) is 14.3. The minimum absolute atomic E-state index is 0.00209. The fraction of sp³-hybridized carbons (Fsp3) is 0.533. The van der Waals surface area contributed by atoms with Crippen molar-refractivity contribution in [3.63, 3.8) is 0 Å². The van der Waals surface area contributed by atoms with Crippen molar-refractivity contribution in [2.45, 2.75) is 38.6 Å². The van der Waals surface area contributed by atoms with E-state index in [2.05, 4.69) is 10.8 Å². The van der Waals surface area contributed by atoms with Crippen molar-refractivity contribution >= 4 is 5.97 Å². The largest absolute Gasteiger partial charge is 0.496 e. The van der Waals surface area contributed by atoms with Crippen LogP contribution < -0.4 is 10.5 Å². The van der Waals surface area contributed by atoms with E-state index in [9.17, 15) is 4.79 Å². The van der Waals surface area contributed by atoms with Gasteiger partial charge in [0.25, 0.3) is 0 Å². The number of unbranched alkanes of at least 4 members (excludes halogenated alkanes) is 1. The van der Waals surface area contributed by atoms with Crippen LogP contribution in [0.25, 0.3) is 0 Å².